The molecule has 1 aromatic rings. The maximum Gasteiger partial charge on any atom is 0.325 e. The van der Waals surface area contributed by atoms with Gasteiger partial charge in [-0.1, -0.05) is 31.2 Å². The molecule has 1 aliphatic rings. The van der Waals surface area contributed by atoms with E-state index in [1.54, 1.807) is 14.0 Å². The number of guanidine groups is 1. The van der Waals surface area contributed by atoms with Gasteiger partial charge in [-0.2, -0.15) is 0 Å². The minimum Gasteiger partial charge on any atom is -0.356 e. The van der Waals surface area contributed by atoms with Crippen LogP contribution >= 0.6 is 0 Å². The lowest BCUT2D eigenvalue weighted by atomic mass is 9.99. The maximum absolute atomic E-state index is 12.4. The Morgan fingerprint density at radius 3 is 2.63 bits per heavy atom. The minimum absolute atomic E-state index is 0.143. The highest BCUT2D eigenvalue weighted by Crippen LogP contribution is 2.20. The Morgan fingerprint density at radius 2 is 2.04 bits per heavy atom. The van der Waals surface area contributed by atoms with E-state index in [9.17, 15) is 9.59 Å². The van der Waals surface area contributed by atoms with Crippen LogP contribution in [0.4, 0.5) is 4.79 Å². The standard InChI is InChI=1S/C20H31N5O2/c1-6-20(3)17(26)25(19(27)23-20)13-9-12-22-18(21-4)24(5)14-16-11-8-7-10-15(16)2/h7-8,10-11H,6,9,12-14H2,1-5H3,(H,21,22)(H,23,27). The molecule has 7 nitrogen and oxygen atoms in total. The van der Waals surface area contributed by atoms with Crippen LogP contribution in [0.15, 0.2) is 29.3 Å². The molecule has 1 aliphatic heterocycles. The molecular formula is C20H31N5O2. The minimum atomic E-state index is -0.770. The summed E-state index contributed by atoms with van der Waals surface area (Å²) in [5.41, 5.74) is 1.73. The Morgan fingerprint density at radius 1 is 1.33 bits per heavy atom. The molecule has 0 aliphatic carbocycles. The number of amides is 3. The van der Waals surface area contributed by atoms with Gasteiger partial charge in [0.05, 0.1) is 0 Å². The monoisotopic (exact) mass is 373 g/mol. The maximum atomic E-state index is 12.4. The second-order valence-corrected chi connectivity index (χ2v) is 7.18. The van der Waals surface area contributed by atoms with Crippen molar-refractivity contribution in [2.24, 2.45) is 4.99 Å². The Bertz CT molecular complexity index is 718. The number of hydrogen-bond acceptors (Lipinski definition) is 3. The molecule has 27 heavy (non-hydrogen) atoms. The molecule has 1 fully saturated rings. The smallest absolute Gasteiger partial charge is 0.325 e. The highest BCUT2D eigenvalue weighted by molar-refractivity contribution is 6.06. The number of benzene rings is 1. The van der Waals surface area contributed by atoms with Crippen LogP contribution in [0.5, 0.6) is 0 Å². The summed E-state index contributed by atoms with van der Waals surface area (Å²) >= 11 is 0. The summed E-state index contributed by atoms with van der Waals surface area (Å²) in [5, 5.41) is 6.08. The summed E-state index contributed by atoms with van der Waals surface area (Å²) in [6, 6.07) is 7.98. The number of carbonyl (C=O) groups is 2. The lowest BCUT2D eigenvalue weighted by Crippen LogP contribution is -2.43. The predicted octanol–water partition coefficient (Wildman–Crippen LogP) is 2.11. The fraction of sp³-hybridized carbons (Fsp3) is 0.550. The van der Waals surface area contributed by atoms with Gasteiger partial charge in [-0.05, 0) is 37.8 Å². The molecule has 0 saturated carbocycles. The fourth-order valence-electron chi connectivity index (χ4n) is 3.13. The van der Waals surface area contributed by atoms with Crippen molar-refractivity contribution in [1.82, 2.24) is 20.4 Å². The van der Waals surface area contributed by atoms with Crippen LogP contribution in [-0.2, 0) is 11.3 Å². The van der Waals surface area contributed by atoms with Gasteiger partial charge < -0.3 is 15.5 Å². The van der Waals surface area contributed by atoms with E-state index in [2.05, 4.69) is 39.6 Å². The number of nitrogens with one attached hydrogen (secondary N) is 2. The zero-order valence-corrected chi connectivity index (χ0v) is 17.0. The number of nitrogens with zero attached hydrogens (tertiary/aromatic N) is 3. The molecule has 0 spiro atoms. The molecular weight excluding hydrogens is 342 g/mol. The number of hydrogen-bond donors (Lipinski definition) is 2. The normalized spacial score (nSPS) is 20.0. The van der Waals surface area contributed by atoms with Crippen LogP contribution < -0.4 is 10.6 Å². The van der Waals surface area contributed by atoms with Gasteiger partial charge in [0, 0.05) is 33.7 Å². The molecule has 1 aromatic carbocycles. The summed E-state index contributed by atoms with van der Waals surface area (Å²) < 4.78 is 0. The van der Waals surface area contributed by atoms with Gasteiger partial charge in [0.15, 0.2) is 5.96 Å². The average Bonchev–Trinajstić information content (AvgIpc) is 2.86. The zero-order chi connectivity index (χ0) is 20.0. The molecule has 1 heterocycles. The summed E-state index contributed by atoms with van der Waals surface area (Å²) in [6.07, 6.45) is 1.25. The Balaban J connectivity index is 1.82. The fourth-order valence-corrected chi connectivity index (χ4v) is 3.13. The van der Waals surface area contributed by atoms with Crippen molar-refractivity contribution in [1.29, 1.82) is 0 Å². The number of carbonyl (C=O) groups excluding carboxylic acids is 2. The van der Waals surface area contributed by atoms with Crippen molar-refractivity contribution < 1.29 is 9.59 Å². The van der Waals surface area contributed by atoms with Gasteiger partial charge in [-0.25, -0.2) is 4.79 Å². The number of imide groups is 1. The molecule has 2 N–H and O–H groups in total. The summed E-state index contributed by atoms with van der Waals surface area (Å²) in [7, 11) is 3.74. The Labute approximate surface area is 161 Å². The van der Waals surface area contributed by atoms with Crippen LogP contribution in [0, 0.1) is 6.92 Å². The molecule has 0 radical (unpaired) electrons. The van der Waals surface area contributed by atoms with E-state index < -0.39 is 5.54 Å². The highest BCUT2D eigenvalue weighted by atomic mass is 16.2. The average molecular weight is 374 g/mol. The van der Waals surface area contributed by atoms with E-state index in [1.165, 1.54) is 16.0 Å². The lowest BCUT2D eigenvalue weighted by molar-refractivity contribution is -0.130. The SMILES string of the molecule is CCC1(C)NC(=O)N(CCCNC(=NC)N(C)Cc2ccccc2C)C1=O. The second kappa shape index (κ2) is 8.88. The number of urea groups is 1. The molecule has 0 bridgehead atoms. The van der Waals surface area contributed by atoms with Crippen molar-refractivity contribution in [2.75, 3.05) is 27.2 Å². The largest absolute Gasteiger partial charge is 0.356 e. The second-order valence-electron chi connectivity index (χ2n) is 7.18. The molecule has 148 valence electrons. The van der Waals surface area contributed by atoms with Gasteiger partial charge >= 0.3 is 6.03 Å². The van der Waals surface area contributed by atoms with E-state index in [0.29, 0.717) is 25.9 Å². The molecule has 0 aromatic heterocycles. The molecule has 1 unspecified atom stereocenters. The number of aliphatic imine (C=N–C) groups is 1. The molecule has 1 atom stereocenters. The van der Waals surface area contributed by atoms with Crippen molar-refractivity contribution in [3.63, 3.8) is 0 Å². The first-order valence-corrected chi connectivity index (χ1v) is 9.42. The van der Waals surface area contributed by atoms with Crippen molar-refractivity contribution in [3.8, 4) is 0 Å². The van der Waals surface area contributed by atoms with Gasteiger partial charge in [0.2, 0.25) is 0 Å². The summed E-state index contributed by atoms with van der Waals surface area (Å²) in [5.74, 6) is 0.643. The molecule has 7 heteroatoms. The Hall–Kier alpha value is -2.57. The Kier molecular flexibility index (Phi) is 6.82. The van der Waals surface area contributed by atoms with Gasteiger partial charge in [0.1, 0.15) is 5.54 Å². The number of aryl methyl sites for hydroxylation is 1. The predicted molar refractivity (Wildman–Crippen MR) is 108 cm³/mol. The van der Waals surface area contributed by atoms with Crippen LogP contribution in [0.25, 0.3) is 0 Å². The first kappa shape index (κ1) is 20.7. The van der Waals surface area contributed by atoms with E-state index in [0.717, 1.165) is 12.5 Å². The third kappa shape index (κ3) is 4.78. The van der Waals surface area contributed by atoms with Gasteiger partial charge in [-0.15, -0.1) is 0 Å². The van der Waals surface area contributed by atoms with Crippen LogP contribution in [-0.4, -0.2) is 60.4 Å². The summed E-state index contributed by atoms with van der Waals surface area (Å²) in [6.45, 7) is 7.55. The van der Waals surface area contributed by atoms with E-state index >= 15 is 0 Å². The molecule has 3 amide bonds. The van der Waals surface area contributed by atoms with Crippen molar-refractivity contribution >= 4 is 17.9 Å². The van der Waals surface area contributed by atoms with Gasteiger partial charge in [-0.3, -0.25) is 14.7 Å². The summed E-state index contributed by atoms with van der Waals surface area (Å²) in [4.78, 5) is 32.1. The van der Waals surface area contributed by atoms with Crippen molar-refractivity contribution in [2.45, 2.75) is 45.7 Å². The first-order chi connectivity index (χ1) is 12.8. The first-order valence-electron chi connectivity index (χ1n) is 9.42. The topological polar surface area (TPSA) is 77.0 Å². The van der Waals surface area contributed by atoms with Crippen LogP contribution in [0.3, 0.4) is 0 Å². The quantitative estimate of drug-likeness (QED) is 0.332. The third-order valence-electron chi connectivity index (χ3n) is 5.14. The van der Waals surface area contributed by atoms with Crippen LogP contribution in [0.1, 0.15) is 37.8 Å². The van der Waals surface area contributed by atoms with Gasteiger partial charge in [0.25, 0.3) is 5.91 Å². The number of rotatable bonds is 7. The third-order valence-corrected chi connectivity index (χ3v) is 5.14. The molecule has 2 rings (SSSR count). The lowest BCUT2D eigenvalue weighted by Gasteiger charge is -2.23. The highest BCUT2D eigenvalue weighted by Gasteiger charge is 2.45. The van der Waals surface area contributed by atoms with E-state index in [4.69, 9.17) is 0 Å². The zero-order valence-electron chi connectivity index (χ0n) is 17.0. The van der Waals surface area contributed by atoms with E-state index in [1.807, 2.05) is 26.1 Å². The van der Waals surface area contributed by atoms with Crippen molar-refractivity contribution in [3.05, 3.63) is 35.4 Å². The molecule has 1 saturated heterocycles. The van der Waals surface area contributed by atoms with E-state index in [-0.39, 0.29) is 11.9 Å². The van der Waals surface area contributed by atoms with Crippen LogP contribution in [0.2, 0.25) is 0 Å².